The van der Waals surface area contributed by atoms with Gasteiger partial charge in [0.25, 0.3) is 0 Å². The Hall–Kier alpha value is -3.91. The van der Waals surface area contributed by atoms with Crippen molar-refractivity contribution in [1.29, 1.82) is 0 Å². The minimum absolute atomic E-state index is 0.0631. The lowest BCUT2D eigenvalue weighted by Gasteiger charge is -2.41. The number of anilines is 2. The van der Waals surface area contributed by atoms with Gasteiger partial charge in [-0.25, -0.2) is 0 Å². The van der Waals surface area contributed by atoms with E-state index >= 15 is 0 Å². The van der Waals surface area contributed by atoms with Crippen LogP contribution in [-0.2, 0) is 4.79 Å². The van der Waals surface area contributed by atoms with E-state index in [1.54, 1.807) is 13.3 Å². The minimum Gasteiger partial charge on any atom is -0.495 e. The number of carbonyl (C=O) groups excluding carboxylic acids is 1. The van der Waals surface area contributed by atoms with E-state index in [-0.39, 0.29) is 30.0 Å². The molecule has 2 atom stereocenters. The zero-order valence-corrected chi connectivity index (χ0v) is 23.9. The Morgan fingerprint density at radius 2 is 1.92 bits per heavy atom. The van der Waals surface area contributed by atoms with Crippen LogP contribution in [0.3, 0.4) is 0 Å². The summed E-state index contributed by atoms with van der Waals surface area (Å²) < 4.78 is 5.38. The molecule has 202 valence electrons. The number of aromatic nitrogens is 1. The number of pyridine rings is 1. The molecule has 1 amide bonds. The van der Waals surface area contributed by atoms with E-state index in [0.717, 1.165) is 11.3 Å². The van der Waals surface area contributed by atoms with Crippen LogP contribution in [0, 0.1) is 0 Å². The molecule has 1 fully saturated rings. The number of nitrogens with zero attached hydrogens (tertiary/aromatic N) is 3. The number of methoxy groups -OCH3 is 1. The van der Waals surface area contributed by atoms with Crippen molar-refractivity contribution < 1.29 is 9.53 Å². The van der Waals surface area contributed by atoms with Gasteiger partial charge < -0.3 is 25.2 Å². The summed E-state index contributed by atoms with van der Waals surface area (Å²) >= 11 is 5.82. The number of amides is 1. The maximum atomic E-state index is 13.0. The van der Waals surface area contributed by atoms with Gasteiger partial charge in [0, 0.05) is 37.5 Å². The van der Waals surface area contributed by atoms with Crippen molar-refractivity contribution in [2.45, 2.75) is 44.8 Å². The summed E-state index contributed by atoms with van der Waals surface area (Å²) in [6.07, 6.45) is 4.39. The van der Waals surface area contributed by atoms with Gasteiger partial charge >= 0.3 is 0 Å². The largest absolute Gasteiger partial charge is 0.495 e. The zero-order valence-electron chi connectivity index (χ0n) is 23.1. The number of likely N-dealkylation sites (N-methyl/N-ethyl adjacent to an activating group) is 1. The Morgan fingerprint density at radius 3 is 2.67 bits per heavy atom. The highest BCUT2D eigenvalue weighted by molar-refractivity contribution is 7.80. The van der Waals surface area contributed by atoms with Gasteiger partial charge in [-0.1, -0.05) is 30.3 Å². The van der Waals surface area contributed by atoms with Crippen molar-refractivity contribution in [2.24, 2.45) is 0 Å². The highest BCUT2D eigenvalue weighted by Gasteiger charge is 2.40. The average Bonchev–Trinajstić information content (AvgIpc) is 3.27. The van der Waals surface area contributed by atoms with Crippen LogP contribution >= 0.6 is 12.2 Å². The number of thiocarbonyl (C=S) groups is 1. The topological polar surface area (TPSA) is 69.7 Å². The van der Waals surface area contributed by atoms with Gasteiger partial charge in [0.15, 0.2) is 5.11 Å². The summed E-state index contributed by atoms with van der Waals surface area (Å²) in [5.74, 6) is 0.526. The summed E-state index contributed by atoms with van der Waals surface area (Å²) in [5, 5.41) is 7.08. The molecule has 3 aromatic rings. The van der Waals surface area contributed by atoms with E-state index < -0.39 is 0 Å². The van der Waals surface area contributed by atoms with E-state index in [0.29, 0.717) is 23.1 Å². The number of carbonyl (C=O) groups is 1. The van der Waals surface area contributed by atoms with Gasteiger partial charge in [-0.3, -0.25) is 9.78 Å². The molecular weight excluding hydrogens is 506 g/mol. The summed E-state index contributed by atoms with van der Waals surface area (Å²) in [5.41, 5.74) is 6.29. The quantitative estimate of drug-likeness (QED) is 0.371. The third-order valence-electron chi connectivity index (χ3n) is 7.74. The maximum Gasteiger partial charge on any atom is 0.226 e. The van der Waals surface area contributed by atoms with E-state index in [1.165, 1.54) is 16.8 Å². The number of hydrogen-bond donors (Lipinski definition) is 2. The highest BCUT2D eigenvalue weighted by atomic mass is 32.1. The van der Waals surface area contributed by atoms with Crippen LogP contribution in [-0.4, -0.2) is 47.1 Å². The van der Waals surface area contributed by atoms with Crippen LogP contribution in [0.2, 0.25) is 0 Å². The molecule has 5 rings (SSSR count). The van der Waals surface area contributed by atoms with Crippen molar-refractivity contribution in [3.8, 4) is 5.75 Å². The van der Waals surface area contributed by atoms with Gasteiger partial charge in [-0.05, 0) is 80.5 Å². The third-order valence-corrected chi connectivity index (χ3v) is 8.09. The van der Waals surface area contributed by atoms with Gasteiger partial charge in [0.05, 0.1) is 36.1 Å². The maximum absolute atomic E-state index is 13.0. The number of nitrogens with one attached hydrogen (secondary N) is 2. The van der Waals surface area contributed by atoms with E-state index in [1.807, 2.05) is 42.5 Å². The standard InChI is InChI=1S/C31H35N5O2S/c1-20-19-31(2,3)35(4)25-14-13-21(18-22(20)25)29-28(24-11-8-9-16-32-24)34-30(39)36(29)17-15-27(37)33-23-10-6-7-12-26(23)38-5/h6-14,16,18-19,28-29H,15,17H2,1-5H3,(H,33,37)(H,34,39)/t28-,29+/m1/s1. The third kappa shape index (κ3) is 5.21. The summed E-state index contributed by atoms with van der Waals surface area (Å²) in [6, 6.07) is 19.7. The molecule has 3 heterocycles. The Morgan fingerprint density at radius 1 is 1.15 bits per heavy atom. The van der Waals surface area contributed by atoms with Crippen molar-refractivity contribution in [2.75, 3.05) is 30.9 Å². The number of allylic oxidation sites excluding steroid dienone is 1. The lowest BCUT2D eigenvalue weighted by molar-refractivity contribution is -0.116. The van der Waals surface area contributed by atoms with E-state index in [2.05, 4.69) is 77.5 Å². The molecule has 2 aromatic carbocycles. The van der Waals surface area contributed by atoms with Gasteiger partial charge in [-0.15, -0.1) is 0 Å². The summed E-state index contributed by atoms with van der Waals surface area (Å²) in [6.45, 7) is 7.08. The minimum atomic E-state index is -0.143. The molecule has 8 heteroatoms. The van der Waals surface area contributed by atoms with Crippen molar-refractivity contribution >= 4 is 40.2 Å². The molecule has 0 spiro atoms. The second-order valence-electron chi connectivity index (χ2n) is 10.6. The zero-order chi connectivity index (χ0) is 27.7. The fourth-order valence-corrected chi connectivity index (χ4v) is 5.89. The molecular formula is C31H35N5O2S. The summed E-state index contributed by atoms with van der Waals surface area (Å²) in [7, 11) is 3.73. The smallest absolute Gasteiger partial charge is 0.226 e. The molecule has 1 saturated heterocycles. The second-order valence-corrected chi connectivity index (χ2v) is 11.0. The summed E-state index contributed by atoms with van der Waals surface area (Å²) in [4.78, 5) is 22.1. The molecule has 0 aliphatic carbocycles. The predicted molar refractivity (Wildman–Crippen MR) is 161 cm³/mol. The molecule has 2 N–H and O–H groups in total. The molecule has 0 bridgehead atoms. The monoisotopic (exact) mass is 541 g/mol. The Balaban J connectivity index is 1.45. The number of benzene rings is 2. The molecule has 0 unspecified atom stereocenters. The molecule has 0 saturated carbocycles. The predicted octanol–water partition coefficient (Wildman–Crippen LogP) is 5.72. The Labute approximate surface area is 235 Å². The number of fused-ring (bicyclic) bond motifs is 1. The molecule has 2 aliphatic rings. The highest BCUT2D eigenvalue weighted by Crippen LogP contribution is 2.43. The van der Waals surface area contributed by atoms with Gasteiger partial charge in [0.1, 0.15) is 5.75 Å². The first-order valence-corrected chi connectivity index (χ1v) is 13.6. The van der Waals surface area contributed by atoms with Gasteiger partial charge in [-0.2, -0.15) is 0 Å². The van der Waals surface area contributed by atoms with E-state index in [9.17, 15) is 4.79 Å². The van der Waals surface area contributed by atoms with Crippen LogP contribution in [0.15, 0.2) is 72.9 Å². The molecule has 0 radical (unpaired) electrons. The van der Waals surface area contributed by atoms with Crippen LogP contribution in [0.1, 0.15) is 56.1 Å². The van der Waals surface area contributed by atoms with Crippen molar-refractivity contribution in [1.82, 2.24) is 15.2 Å². The van der Waals surface area contributed by atoms with Crippen molar-refractivity contribution in [3.63, 3.8) is 0 Å². The van der Waals surface area contributed by atoms with Crippen LogP contribution < -0.4 is 20.3 Å². The SMILES string of the molecule is COc1ccccc1NC(=O)CCN1C(=S)N[C@H](c2ccccn2)[C@@H]1c1ccc2c(c1)C(C)=CC(C)(C)N2C. The average molecular weight is 542 g/mol. The normalized spacial score (nSPS) is 19.7. The van der Waals surface area contributed by atoms with Gasteiger partial charge in [0.2, 0.25) is 5.91 Å². The fourth-order valence-electron chi connectivity index (χ4n) is 5.55. The van der Waals surface area contributed by atoms with E-state index in [4.69, 9.17) is 17.0 Å². The molecule has 2 aliphatic heterocycles. The molecule has 7 nitrogen and oxygen atoms in total. The van der Waals surface area contributed by atoms with Crippen molar-refractivity contribution in [3.05, 3.63) is 89.8 Å². The first-order valence-electron chi connectivity index (χ1n) is 13.2. The lowest BCUT2D eigenvalue weighted by Crippen LogP contribution is -2.42. The number of para-hydroxylation sites is 2. The first-order chi connectivity index (χ1) is 18.7. The lowest BCUT2D eigenvalue weighted by atomic mass is 9.86. The van der Waals surface area contributed by atoms with Crippen LogP contribution in [0.4, 0.5) is 11.4 Å². The second kappa shape index (κ2) is 10.7. The number of rotatable bonds is 7. The number of ether oxygens (including phenoxy) is 1. The van der Waals surface area contributed by atoms with Crippen LogP contribution in [0.5, 0.6) is 5.75 Å². The Kier molecular flexibility index (Phi) is 7.32. The molecule has 1 aromatic heterocycles. The number of hydrogen-bond acceptors (Lipinski definition) is 5. The Bertz CT molecular complexity index is 1420. The first kappa shape index (κ1) is 26.7. The molecule has 39 heavy (non-hydrogen) atoms. The van der Waals surface area contributed by atoms with Crippen LogP contribution in [0.25, 0.3) is 5.57 Å². The fraction of sp³-hybridized carbons (Fsp3) is 0.323.